The first kappa shape index (κ1) is 26.4. The van der Waals surface area contributed by atoms with Gasteiger partial charge in [0.25, 0.3) is 17.7 Å². The Hall–Kier alpha value is -4.64. The number of hydrogen-bond donors (Lipinski definition) is 4. The molecule has 0 saturated heterocycles. The van der Waals surface area contributed by atoms with Crippen LogP contribution in [0.3, 0.4) is 0 Å². The van der Waals surface area contributed by atoms with Crippen molar-refractivity contribution in [2.45, 2.75) is 25.6 Å². The van der Waals surface area contributed by atoms with E-state index in [0.29, 0.717) is 27.3 Å². The molecule has 1 heterocycles. The Morgan fingerprint density at radius 1 is 1.00 bits per heavy atom. The number of halogens is 2. The molecule has 0 fully saturated rings. The molecule has 0 bridgehead atoms. The molecule has 4 rings (SSSR count). The van der Waals surface area contributed by atoms with Crippen LogP contribution in [-0.2, 0) is 22.5 Å². The summed E-state index contributed by atoms with van der Waals surface area (Å²) in [6.45, 7) is 1.45. The molecule has 38 heavy (non-hydrogen) atoms. The van der Waals surface area contributed by atoms with Crippen LogP contribution in [0.1, 0.15) is 44.3 Å². The van der Waals surface area contributed by atoms with Crippen LogP contribution in [0.4, 0.5) is 14.5 Å². The lowest BCUT2D eigenvalue weighted by molar-refractivity contribution is -0.161. The standard InChI is InChI=1S/C27H25F2N5O4/c1-2-38-27(26(32)37,34-24(35)18-7-5-9-20(29)22(18)25(34)36)13-16-11-10-15(23(30)31)12-21(16)33-14-17-6-3-4-8-19(17)28/h3-12,33H,2,13-14H2,1H3,(H3,30,31)(H2,32,37). The van der Waals surface area contributed by atoms with Crippen molar-refractivity contribution in [3.05, 3.63) is 100 Å². The summed E-state index contributed by atoms with van der Waals surface area (Å²) in [5.74, 6) is -4.75. The largest absolute Gasteiger partial charge is 0.384 e. The summed E-state index contributed by atoms with van der Waals surface area (Å²) in [7, 11) is 0. The zero-order valence-corrected chi connectivity index (χ0v) is 20.4. The maximum atomic E-state index is 14.5. The summed E-state index contributed by atoms with van der Waals surface area (Å²) >= 11 is 0. The highest BCUT2D eigenvalue weighted by Gasteiger charge is 2.55. The zero-order valence-electron chi connectivity index (χ0n) is 20.4. The SMILES string of the molecule is CCOC(Cc1ccc(C(=N)N)cc1NCc1ccccc1F)(C(N)=O)N1C(=O)c2cccc(F)c2C1=O. The zero-order chi connectivity index (χ0) is 27.6. The molecule has 0 spiro atoms. The Balaban J connectivity index is 1.79. The van der Waals surface area contributed by atoms with Gasteiger partial charge in [-0.1, -0.05) is 36.4 Å². The minimum absolute atomic E-state index is 0.0253. The predicted molar refractivity (Wildman–Crippen MR) is 135 cm³/mol. The molecule has 1 atom stereocenters. The second-order valence-corrected chi connectivity index (χ2v) is 8.60. The first-order valence-electron chi connectivity index (χ1n) is 11.7. The number of rotatable bonds is 10. The minimum atomic E-state index is -2.32. The molecule has 0 aromatic heterocycles. The van der Waals surface area contributed by atoms with Gasteiger partial charge in [-0.3, -0.25) is 19.8 Å². The number of nitrogens with zero attached hydrogens (tertiary/aromatic N) is 1. The van der Waals surface area contributed by atoms with Gasteiger partial charge < -0.3 is 21.5 Å². The first-order valence-corrected chi connectivity index (χ1v) is 11.7. The molecular weight excluding hydrogens is 496 g/mol. The van der Waals surface area contributed by atoms with Crippen LogP contribution in [0.2, 0.25) is 0 Å². The van der Waals surface area contributed by atoms with Gasteiger partial charge in [-0.15, -0.1) is 0 Å². The number of imide groups is 1. The van der Waals surface area contributed by atoms with Crippen molar-refractivity contribution in [1.82, 2.24) is 4.90 Å². The van der Waals surface area contributed by atoms with E-state index in [1.807, 2.05) is 0 Å². The van der Waals surface area contributed by atoms with Crippen LogP contribution in [0.25, 0.3) is 0 Å². The van der Waals surface area contributed by atoms with Crippen molar-refractivity contribution in [1.29, 1.82) is 5.41 Å². The Labute approximate surface area is 216 Å². The number of fused-ring (bicyclic) bond motifs is 1. The summed E-state index contributed by atoms with van der Waals surface area (Å²) in [5.41, 5.74) is 9.74. The molecule has 1 aliphatic heterocycles. The van der Waals surface area contributed by atoms with E-state index in [1.54, 1.807) is 25.1 Å². The lowest BCUT2D eigenvalue weighted by atomic mass is 9.96. The smallest absolute Gasteiger partial charge is 0.271 e. The van der Waals surface area contributed by atoms with Crippen molar-refractivity contribution in [3.8, 4) is 0 Å². The van der Waals surface area contributed by atoms with Crippen molar-refractivity contribution in [3.63, 3.8) is 0 Å². The van der Waals surface area contributed by atoms with Gasteiger partial charge in [0.1, 0.15) is 17.5 Å². The van der Waals surface area contributed by atoms with Gasteiger partial charge in [0.15, 0.2) is 0 Å². The second-order valence-electron chi connectivity index (χ2n) is 8.60. The Bertz CT molecular complexity index is 1460. The predicted octanol–water partition coefficient (Wildman–Crippen LogP) is 2.92. The number of ether oxygens (including phenoxy) is 1. The third kappa shape index (κ3) is 4.59. The lowest BCUT2D eigenvalue weighted by Gasteiger charge is -2.37. The number of nitrogens with one attached hydrogen (secondary N) is 2. The third-order valence-electron chi connectivity index (χ3n) is 6.27. The fraction of sp³-hybridized carbons (Fsp3) is 0.185. The second kappa shape index (κ2) is 10.4. The number of carbonyl (C=O) groups is 3. The summed E-state index contributed by atoms with van der Waals surface area (Å²) in [6, 6.07) is 14.2. The molecule has 0 aliphatic carbocycles. The molecular formula is C27H25F2N5O4. The van der Waals surface area contributed by atoms with Crippen LogP contribution >= 0.6 is 0 Å². The molecule has 6 N–H and O–H groups in total. The number of nitrogens with two attached hydrogens (primary N) is 2. The van der Waals surface area contributed by atoms with Crippen molar-refractivity contribution >= 4 is 29.2 Å². The molecule has 3 amide bonds. The number of amides is 3. The van der Waals surface area contributed by atoms with E-state index in [9.17, 15) is 23.2 Å². The van der Waals surface area contributed by atoms with Gasteiger partial charge in [-0.2, -0.15) is 0 Å². The van der Waals surface area contributed by atoms with Crippen LogP contribution in [0, 0.1) is 17.0 Å². The van der Waals surface area contributed by atoms with Gasteiger partial charge in [0, 0.05) is 36.4 Å². The van der Waals surface area contributed by atoms with Crippen LogP contribution in [0.15, 0.2) is 60.7 Å². The number of amidine groups is 1. The first-order chi connectivity index (χ1) is 18.1. The van der Waals surface area contributed by atoms with E-state index in [-0.39, 0.29) is 24.6 Å². The normalized spacial score (nSPS) is 14.2. The summed E-state index contributed by atoms with van der Waals surface area (Å²) in [4.78, 5) is 40.1. The van der Waals surface area contributed by atoms with E-state index < -0.39 is 47.1 Å². The number of carbonyl (C=O) groups excluding carboxylic acids is 3. The monoisotopic (exact) mass is 521 g/mol. The quantitative estimate of drug-likeness (QED) is 0.183. The maximum Gasteiger partial charge on any atom is 0.271 e. The third-order valence-corrected chi connectivity index (χ3v) is 6.27. The molecule has 1 unspecified atom stereocenters. The Morgan fingerprint density at radius 2 is 1.71 bits per heavy atom. The molecule has 0 saturated carbocycles. The number of benzene rings is 3. The average Bonchev–Trinajstić information content (AvgIpc) is 3.14. The Morgan fingerprint density at radius 3 is 2.34 bits per heavy atom. The van der Waals surface area contributed by atoms with Crippen LogP contribution in [-0.4, -0.2) is 40.8 Å². The van der Waals surface area contributed by atoms with E-state index >= 15 is 0 Å². The number of hydrogen-bond acceptors (Lipinski definition) is 6. The summed E-state index contributed by atoms with van der Waals surface area (Å²) < 4.78 is 34.5. The van der Waals surface area contributed by atoms with Crippen LogP contribution < -0.4 is 16.8 Å². The van der Waals surface area contributed by atoms with Gasteiger partial charge in [0.05, 0.1) is 11.1 Å². The van der Waals surface area contributed by atoms with Gasteiger partial charge in [0.2, 0.25) is 5.72 Å². The highest BCUT2D eigenvalue weighted by Crippen LogP contribution is 2.36. The number of nitrogen functional groups attached to an aromatic ring is 1. The number of anilines is 1. The van der Waals surface area contributed by atoms with E-state index in [1.165, 1.54) is 36.4 Å². The van der Waals surface area contributed by atoms with Crippen molar-refractivity contribution in [2.24, 2.45) is 11.5 Å². The van der Waals surface area contributed by atoms with Crippen molar-refractivity contribution in [2.75, 3.05) is 11.9 Å². The molecule has 11 heteroatoms. The fourth-order valence-corrected chi connectivity index (χ4v) is 4.43. The lowest BCUT2D eigenvalue weighted by Crippen LogP contribution is -2.63. The summed E-state index contributed by atoms with van der Waals surface area (Å²) in [6.07, 6.45) is -0.416. The number of primary amides is 1. The van der Waals surface area contributed by atoms with Gasteiger partial charge >= 0.3 is 0 Å². The average molecular weight is 522 g/mol. The Kier molecular flexibility index (Phi) is 7.22. The molecule has 3 aromatic carbocycles. The van der Waals surface area contributed by atoms with Crippen molar-refractivity contribution < 1.29 is 27.9 Å². The molecule has 196 valence electrons. The van der Waals surface area contributed by atoms with Gasteiger partial charge in [-0.05, 0) is 36.8 Å². The molecule has 0 radical (unpaired) electrons. The van der Waals surface area contributed by atoms with E-state index in [2.05, 4.69) is 5.32 Å². The van der Waals surface area contributed by atoms with Gasteiger partial charge in [-0.25, -0.2) is 13.7 Å². The topological polar surface area (TPSA) is 152 Å². The maximum absolute atomic E-state index is 14.5. The van der Waals surface area contributed by atoms with E-state index in [0.717, 1.165) is 6.07 Å². The molecule has 3 aromatic rings. The highest BCUT2D eigenvalue weighted by atomic mass is 19.1. The molecule has 9 nitrogen and oxygen atoms in total. The summed E-state index contributed by atoms with van der Waals surface area (Å²) in [5, 5.41) is 10.8. The van der Waals surface area contributed by atoms with E-state index in [4.69, 9.17) is 21.6 Å². The molecule has 1 aliphatic rings. The van der Waals surface area contributed by atoms with Crippen LogP contribution in [0.5, 0.6) is 0 Å². The minimum Gasteiger partial charge on any atom is -0.384 e. The highest BCUT2D eigenvalue weighted by molar-refractivity contribution is 6.23. The fourth-order valence-electron chi connectivity index (χ4n) is 4.43.